The van der Waals surface area contributed by atoms with Crippen LogP contribution in [-0.4, -0.2) is 15.0 Å². The van der Waals surface area contributed by atoms with Gasteiger partial charge < -0.3 is 0 Å². The van der Waals surface area contributed by atoms with Crippen molar-refractivity contribution in [3.8, 4) is 51.4 Å². The highest BCUT2D eigenvalue weighted by molar-refractivity contribution is 5.98. The monoisotopic (exact) mass is 594 g/mol. The Morgan fingerprint density at radius 2 is 1.07 bits per heavy atom. The maximum atomic E-state index is 9.78. The van der Waals surface area contributed by atoms with Crippen molar-refractivity contribution in [2.45, 2.75) is 43.9 Å². The molecule has 4 heteroatoms. The Bertz CT molecular complexity index is 2110. The molecule has 222 valence electrons. The Hall–Kier alpha value is -5.14. The van der Waals surface area contributed by atoms with Gasteiger partial charge in [0.25, 0.3) is 0 Å². The van der Waals surface area contributed by atoms with E-state index in [1.54, 1.807) is 0 Å². The van der Waals surface area contributed by atoms with E-state index in [2.05, 4.69) is 54.6 Å². The van der Waals surface area contributed by atoms with Crippen molar-refractivity contribution in [2.75, 3.05) is 0 Å². The van der Waals surface area contributed by atoms with E-state index in [-0.39, 0.29) is 0 Å². The van der Waals surface area contributed by atoms with E-state index in [1.807, 2.05) is 66.7 Å². The zero-order valence-electron chi connectivity index (χ0n) is 25.7. The molecule has 0 spiro atoms. The molecule has 5 aromatic carbocycles. The van der Waals surface area contributed by atoms with Gasteiger partial charge in [0, 0.05) is 22.1 Å². The first-order valence-corrected chi connectivity index (χ1v) is 16.6. The second-order valence-electron chi connectivity index (χ2n) is 13.8. The van der Waals surface area contributed by atoms with E-state index in [9.17, 15) is 5.26 Å². The standard InChI is InChI=1S/C42H34N4/c43-26-32-10-6-14-36-35(32)13-7-15-38(36)41-45-39(31-8-2-1-3-9-31)44-40(46-41)37-12-5-4-11-34(37)30-16-18-33(19-17-30)42-23-27-20-28(24-42)22-29(21-27)25-42/h1-19,27-29H,20-25H2. The Balaban J connectivity index is 1.16. The maximum absolute atomic E-state index is 9.78. The molecule has 0 unspecified atom stereocenters. The van der Waals surface area contributed by atoms with Crippen molar-refractivity contribution in [1.82, 2.24) is 15.0 Å². The van der Waals surface area contributed by atoms with Gasteiger partial charge in [-0.2, -0.15) is 5.26 Å². The van der Waals surface area contributed by atoms with Crippen molar-refractivity contribution in [3.05, 3.63) is 126 Å². The smallest absolute Gasteiger partial charge is 0.164 e. The van der Waals surface area contributed by atoms with Gasteiger partial charge in [0.05, 0.1) is 11.6 Å². The Labute approximate surface area is 269 Å². The van der Waals surface area contributed by atoms with Gasteiger partial charge in [-0.3, -0.25) is 0 Å². The molecule has 0 atom stereocenters. The summed E-state index contributed by atoms with van der Waals surface area (Å²) in [6.07, 6.45) is 8.49. The summed E-state index contributed by atoms with van der Waals surface area (Å²) in [5, 5.41) is 11.6. The van der Waals surface area contributed by atoms with Crippen LogP contribution in [0.4, 0.5) is 0 Å². The average Bonchev–Trinajstić information content (AvgIpc) is 3.11. The zero-order chi connectivity index (χ0) is 30.7. The number of fused-ring (bicyclic) bond motifs is 1. The topological polar surface area (TPSA) is 62.5 Å². The lowest BCUT2D eigenvalue weighted by atomic mass is 9.48. The van der Waals surface area contributed by atoms with Crippen molar-refractivity contribution in [3.63, 3.8) is 0 Å². The molecule has 4 nitrogen and oxygen atoms in total. The summed E-state index contributed by atoms with van der Waals surface area (Å²) in [6.45, 7) is 0. The minimum absolute atomic E-state index is 0.379. The molecule has 0 amide bonds. The molecule has 0 saturated heterocycles. The number of rotatable bonds is 5. The molecule has 4 bridgehead atoms. The minimum Gasteiger partial charge on any atom is -0.208 e. The predicted octanol–water partition coefficient (Wildman–Crippen LogP) is 10.0. The van der Waals surface area contributed by atoms with Gasteiger partial charge in [-0.1, -0.05) is 109 Å². The number of benzene rings is 5. The third-order valence-electron chi connectivity index (χ3n) is 11.0. The molecule has 46 heavy (non-hydrogen) atoms. The normalized spacial score (nSPS) is 23.0. The summed E-state index contributed by atoms with van der Waals surface area (Å²) in [7, 11) is 0. The number of hydrogen-bond acceptors (Lipinski definition) is 4. The van der Waals surface area contributed by atoms with Gasteiger partial charge in [0.15, 0.2) is 17.5 Å². The molecule has 10 rings (SSSR count). The fourth-order valence-corrected chi connectivity index (χ4v) is 9.33. The fourth-order valence-electron chi connectivity index (χ4n) is 9.33. The van der Waals surface area contributed by atoms with Crippen LogP contribution in [0.1, 0.15) is 49.7 Å². The minimum atomic E-state index is 0.379. The third kappa shape index (κ3) is 4.53. The first-order valence-electron chi connectivity index (χ1n) is 16.6. The molecule has 4 fully saturated rings. The van der Waals surface area contributed by atoms with Crippen LogP contribution in [0.2, 0.25) is 0 Å². The van der Waals surface area contributed by atoms with Gasteiger partial charge in [-0.25, -0.2) is 15.0 Å². The first-order chi connectivity index (χ1) is 22.7. The van der Waals surface area contributed by atoms with E-state index in [0.29, 0.717) is 28.5 Å². The van der Waals surface area contributed by atoms with E-state index in [1.165, 1.54) is 49.7 Å². The average molecular weight is 595 g/mol. The summed E-state index contributed by atoms with van der Waals surface area (Å²) in [6, 6.07) is 42.2. The van der Waals surface area contributed by atoms with Crippen molar-refractivity contribution >= 4 is 10.8 Å². The van der Waals surface area contributed by atoms with Crippen LogP contribution in [-0.2, 0) is 5.41 Å². The molecule has 4 aliphatic rings. The van der Waals surface area contributed by atoms with Crippen LogP contribution in [0, 0.1) is 29.1 Å². The van der Waals surface area contributed by atoms with Gasteiger partial charge >= 0.3 is 0 Å². The number of aromatic nitrogens is 3. The quantitative estimate of drug-likeness (QED) is 0.199. The summed E-state index contributed by atoms with van der Waals surface area (Å²) >= 11 is 0. The molecule has 4 aliphatic carbocycles. The van der Waals surface area contributed by atoms with Gasteiger partial charge in [0.2, 0.25) is 0 Å². The lowest BCUT2D eigenvalue weighted by molar-refractivity contribution is -0.00518. The van der Waals surface area contributed by atoms with Gasteiger partial charge in [0.1, 0.15) is 0 Å². The second kappa shape index (κ2) is 10.7. The first kappa shape index (κ1) is 27.2. The second-order valence-corrected chi connectivity index (χ2v) is 13.8. The highest BCUT2D eigenvalue weighted by Gasteiger charge is 2.51. The fraction of sp³-hybridized carbons (Fsp3) is 0.238. The highest BCUT2D eigenvalue weighted by Crippen LogP contribution is 2.60. The molecule has 0 aliphatic heterocycles. The van der Waals surface area contributed by atoms with Crippen LogP contribution in [0.5, 0.6) is 0 Å². The molecule has 0 N–H and O–H groups in total. The summed E-state index contributed by atoms with van der Waals surface area (Å²) in [5.41, 5.74) is 7.63. The zero-order valence-corrected chi connectivity index (χ0v) is 25.7. The van der Waals surface area contributed by atoms with Crippen LogP contribution >= 0.6 is 0 Å². The van der Waals surface area contributed by atoms with E-state index in [4.69, 9.17) is 15.0 Å². The van der Waals surface area contributed by atoms with Crippen molar-refractivity contribution in [2.24, 2.45) is 17.8 Å². The van der Waals surface area contributed by atoms with E-state index < -0.39 is 0 Å². The molecule has 1 aromatic heterocycles. The number of nitriles is 1. The third-order valence-corrected chi connectivity index (χ3v) is 11.0. The molecule has 0 radical (unpaired) electrons. The summed E-state index contributed by atoms with van der Waals surface area (Å²) in [5.74, 6) is 4.64. The van der Waals surface area contributed by atoms with Crippen molar-refractivity contribution < 1.29 is 0 Å². The lowest BCUT2D eigenvalue weighted by Gasteiger charge is -2.57. The van der Waals surface area contributed by atoms with Crippen LogP contribution in [0.15, 0.2) is 115 Å². The number of nitrogens with zero attached hydrogens (tertiary/aromatic N) is 4. The van der Waals surface area contributed by atoms with Crippen LogP contribution in [0.25, 0.3) is 56.1 Å². The highest BCUT2D eigenvalue weighted by atomic mass is 15.0. The molecule has 1 heterocycles. The van der Waals surface area contributed by atoms with Gasteiger partial charge in [-0.05, 0) is 89.8 Å². The lowest BCUT2D eigenvalue weighted by Crippen LogP contribution is -2.48. The van der Waals surface area contributed by atoms with Crippen LogP contribution < -0.4 is 0 Å². The van der Waals surface area contributed by atoms with Crippen LogP contribution in [0.3, 0.4) is 0 Å². The largest absolute Gasteiger partial charge is 0.208 e. The summed E-state index contributed by atoms with van der Waals surface area (Å²) in [4.78, 5) is 15.2. The maximum Gasteiger partial charge on any atom is 0.164 e. The Morgan fingerprint density at radius 1 is 0.500 bits per heavy atom. The molecule has 6 aromatic rings. The molecule has 4 saturated carbocycles. The van der Waals surface area contributed by atoms with Crippen molar-refractivity contribution in [1.29, 1.82) is 5.26 Å². The Morgan fingerprint density at radius 3 is 1.76 bits per heavy atom. The van der Waals surface area contributed by atoms with E-state index >= 15 is 0 Å². The summed E-state index contributed by atoms with van der Waals surface area (Å²) < 4.78 is 0. The Kier molecular flexibility index (Phi) is 6.35. The van der Waals surface area contributed by atoms with Gasteiger partial charge in [-0.15, -0.1) is 0 Å². The number of hydrogen-bond donors (Lipinski definition) is 0. The molecular formula is C42H34N4. The predicted molar refractivity (Wildman–Crippen MR) is 184 cm³/mol. The molecular weight excluding hydrogens is 560 g/mol. The SMILES string of the molecule is N#Cc1cccc2c(-c3nc(-c4ccccc4)nc(-c4ccccc4-c4ccc(C56CC7CC(CC(C7)C5)C6)cc4)n3)cccc12. The van der Waals surface area contributed by atoms with E-state index in [0.717, 1.165) is 50.8 Å².